The zero-order chi connectivity index (χ0) is 19.5. The predicted molar refractivity (Wildman–Crippen MR) is 109 cm³/mol. The molecule has 4 aromatic rings. The Morgan fingerprint density at radius 3 is 2.89 bits per heavy atom. The van der Waals surface area contributed by atoms with E-state index < -0.39 is 0 Å². The number of benzene rings is 2. The van der Waals surface area contributed by atoms with Gasteiger partial charge < -0.3 is 14.6 Å². The number of hydrogen-bond acceptors (Lipinski definition) is 5. The van der Waals surface area contributed by atoms with Crippen molar-refractivity contribution in [1.29, 1.82) is 0 Å². The average molecular weight is 441 g/mol. The van der Waals surface area contributed by atoms with Crippen LogP contribution in [0.2, 0.25) is 0 Å². The molecule has 2 N–H and O–H groups in total. The number of halogens is 1. The second kappa shape index (κ2) is 7.91. The van der Waals surface area contributed by atoms with Crippen LogP contribution in [0.1, 0.15) is 10.5 Å². The number of fused-ring (bicyclic) bond motifs is 1. The van der Waals surface area contributed by atoms with Crippen LogP contribution in [0.15, 0.2) is 53.0 Å². The summed E-state index contributed by atoms with van der Waals surface area (Å²) in [4.78, 5) is 13.1. The van der Waals surface area contributed by atoms with Gasteiger partial charge in [-0.3, -0.25) is 4.79 Å². The van der Waals surface area contributed by atoms with Crippen molar-refractivity contribution < 1.29 is 9.53 Å². The first kappa shape index (κ1) is 18.3. The molecule has 4 rings (SSSR count). The highest BCUT2D eigenvalue weighted by molar-refractivity contribution is 9.10. The molecule has 8 nitrogen and oxygen atoms in total. The molecule has 142 valence electrons. The highest BCUT2D eigenvalue weighted by atomic mass is 79.9. The number of nitrogens with one attached hydrogen (secondary N) is 2. The van der Waals surface area contributed by atoms with E-state index in [1.54, 1.807) is 13.2 Å². The van der Waals surface area contributed by atoms with Crippen LogP contribution in [0.3, 0.4) is 0 Å². The maximum Gasteiger partial charge on any atom is 0.272 e. The number of anilines is 1. The van der Waals surface area contributed by atoms with Gasteiger partial charge in [0.25, 0.3) is 5.91 Å². The zero-order valence-corrected chi connectivity index (χ0v) is 16.6. The van der Waals surface area contributed by atoms with E-state index in [1.807, 2.05) is 47.0 Å². The number of aromatic amines is 1. The quantitative estimate of drug-likeness (QED) is 0.478. The minimum atomic E-state index is -0.223. The molecule has 0 aliphatic heterocycles. The van der Waals surface area contributed by atoms with Gasteiger partial charge in [0.1, 0.15) is 5.69 Å². The Morgan fingerprint density at radius 2 is 2.11 bits per heavy atom. The van der Waals surface area contributed by atoms with Crippen LogP contribution in [0, 0.1) is 0 Å². The van der Waals surface area contributed by atoms with Crippen molar-refractivity contribution in [2.45, 2.75) is 6.54 Å². The van der Waals surface area contributed by atoms with Gasteiger partial charge in [-0.2, -0.15) is 5.21 Å². The second-order valence-electron chi connectivity index (χ2n) is 6.11. The highest BCUT2D eigenvalue weighted by Crippen LogP contribution is 2.29. The maximum absolute atomic E-state index is 13.1. The first-order valence-electron chi connectivity index (χ1n) is 8.59. The van der Waals surface area contributed by atoms with Crippen LogP contribution >= 0.6 is 15.9 Å². The topological polar surface area (TPSA) is 97.7 Å². The molecule has 1 amide bonds. The van der Waals surface area contributed by atoms with Gasteiger partial charge in [0.2, 0.25) is 5.82 Å². The highest BCUT2D eigenvalue weighted by Gasteiger charge is 2.18. The number of H-pyrrole nitrogens is 1. The van der Waals surface area contributed by atoms with Crippen LogP contribution < -0.4 is 5.32 Å². The molecule has 0 radical (unpaired) electrons. The Balaban J connectivity index is 1.72. The Bertz CT molecular complexity index is 1120. The third kappa shape index (κ3) is 3.54. The van der Waals surface area contributed by atoms with Crippen molar-refractivity contribution >= 4 is 38.4 Å². The van der Waals surface area contributed by atoms with E-state index >= 15 is 0 Å². The van der Waals surface area contributed by atoms with Crippen molar-refractivity contribution in [3.63, 3.8) is 0 Å². The van der Waals surface area contributed by atoms with Crippen LogP contribution in [0.25, 0.3) is 22.3 Å². The molecule has 28 heavy (non-hydrogen) atoms. The molecule has 0 unspecified atom stereocenters. The molecule has 0 aliphatic carbocycles. The van der Waals surface area contributed by atoms with Gasteiger partial charge in [-0.1, -0.05) is 34.1 Å². The number of methoxy groups -OCH3 is 1. The first-order chi connectivity index (χ1) is 13.7. The standard InChI is InChI=1S/C19H17BrN6O2/c1-28-9-8-26-16-5-3-2-4-12(16)10-17(26)19(27)21-15-7-6-13(20)11-14(15)18-22-24-25-23-18/h2-7,10-11H,8-9H2,1H3,(H,21,27)(H,22,23,24,25). The van der Waals surface area contributed by atoms with Crippen molar-refractivity contribution in [3.05, 3.63) is 58.7 Å². The number of tetrazole rings is 1. The van der Waals surface area contributed by atoms with Crippen LogP contribution in [-0.4, -0.2) is 44.8 Å². The summed E-state index contributed by atoms with van der Waals surface area (Å²) >= 11 is 3.44. The van der Waals surface area contributed by atoms with Gasteiger partial charge >= 0.3 is 0 Å². The zero-order valence-electron chi connectivity index (χ0n) is 15.0. The summed E-state index contributed by atoms with van der Waals surface area (Å²) in [5.41, 5.74) is 2.80. The lowest BCUT2D eigenvalue weighted by Crippen LogP contribution is -2.19. The van der Waals surface area contributed by atoms with Gasteiger partial charge in [-0.15, -0.1) is 10.2 Å². The fourth-order valence-electron chi connectivity index (χ4n) is 3.09. The fraction of sp³-hybridized carbons (Fsp3) is 0.158. The largest absolute Gasteiger partial charge is 0.383 e. The summed E-state index contributed by atoms with van der Waals surface area (Å²) in [6.07, 6.45) is 0. The number of carbonyl (C=O) groups excluding carboxylic acids is 1. The minimum Gasteiger partial charge on any atom is -0.383 e. The summed E-state index contributed by atoms with van der Waals surface area (Å²) in [7, 11) is 1.64. The number of amides is 1. The van der Waals surface area contributed by atoms with E-state index in [4.69, 9.17) is 4.74 Å². The van der Waals surface area contributed by atoms with Gasteiger partial charge in [0, 0.05) is 34.6 Å². The monoisotopic (exact) mass is 440 g/mol. The normalized spacial score (nSPS) is 11.1. The molecule has 0 aliphatic rings. The molecular weight excluding hydrogens is 424 g/mol. The molecule has 0 saturated carbocycles. The summed E-state index contributed by atoms with van der Waals surface area (Å²) in [5.74, 6) is 0.177. The number of nitrogens with zero attached hydrogens (tertiary/aromatic N) is 4. The lowest BCUT2D eigenvalue weighted by Gasteiger charge is -2.12. The second-order valence-corrected chi connectivity index (χ2v) is 7.03. The number of para-hydroxylation sites is 1. The van der Waals surface area contributed by atoms with Crippen LogP contribution in [0.5, 0.6) is 0 Å². The SMILES string of the molecule is COCCn1c(C(=O)Nc2ccc(Br)cc2-c2nn[nH]n2)cc2ccccc21. The smallest absolute Gasteiger partial charge is 0.272 e. The minimum absolute atomic E-state index is 0.223. The van der Waals surface area contributed by atoms with Crippen molar-refractivity contribution in [3.8, 4) is 11.4 Å². The summed E-state index contributed by atoms with van der Waals surface area (Å²) in [6.45, 7) is 1.08. The van der Waals surface area contributed by atoms with E-state index in [1.165, 1.54) is 0 Å². The van der Waals surface area contributed by atoms with Crippen LogP contribution in [0.4, 0.5) is 5.69 Å². The Hall–Kier alpha value is -3.04. The molecule has 0 fully saturated rings. The number of carbonyl (C=O) groups is 1. The fourth-order valence-corrected chi connectivity index (χ4v) is 3.46. The Labute approximate surface area is 169 Å². The Kier molecular flexibility index (Phi) is 5.18. The molecule has 0 spiro atoms. The van der Waals surface area contributed by atoms with Gasteiger partial charge in [0.15, 0.2) is 0 Å². The van der Waals surface area contributed by atoms with E-state index in [-0.39, 0.29) is 5.91 Å². The van der Waals surface area contributed by atoms with Crippen molar-refractivity contribution in [2.75, 3.05) is 19.0 Å². The Morgan fingerprint density at radius 1 is 1.25 bits per heavy atom. The van der Waals surface area contributed by atoms with Gasteiger partial charge in [0.05, 0.1) is 12.3 Å². The molecule has 2 aromatic heterocycles. The van der Waals surface area contributed by atoms with E-state index in [9.17, 15) is 4.79 Å². The number of aromatic nitrogens is 5. The lowest BCUT2D eigenvalue weighted by molar-refractivity contribution is 0.101. The molecule has 0 saturated heterocycles. The molecule has 9 heteroatoms. The van der Waals surface area contributed by atoms with Crippen molar-refractivity contribution in [2.24, 2.45) is 0 Å². The van der Waals surface area contributed by atoms with E-state index in [0.29, 0.717) is 35.9 Å². The van der Waals surface area contributed by atoms with E-state index in [0.717, 1.165) is 15.4 Å². The number of hydrogen-bond donors (Lipinski definition) is 2. The number of rotatable bonds is 6. The van der Waals surface area contributed by atoms with Crippen molar-refractivity contribution in [1.82, 2.24) is 25.2 Å². The third-order valence-electron chi connectivity index (χ3n) is 4.38. The third-order valence-corrected chi connectivity index (χ3v) is 4.87. The number of ether oxygens (including phenoxy) is 1. The lowest BCUT2D eigenvalue weighted by atomic mass is 10.1. The molecule has 2 aromatic carbocycles. The molecule has 0 atom stereocenters. The van der Waals surface area contributed by atoms with Gasteiger partial charge in [-0.05, 0) is 35.5 Å². The first-order valence-corrected chi connectivity index (χ1v) is 9.38. The summed E-state index contributed by atoms with van der Waals surface area (Å²) in [6, 6.07) is 15.2. The predicted octanol–water partition coefficient (Wildman–Crippen LogP) is 3.48. The molecule has 0 bridgehead atoms. The summed E-state index contributed by atoms with van der Waals surface area (Å²) < 4.78 is 8.02. The van der Waals surface area contributed by atoms with Crippen LogP contribution in [-0.2, 0) is 11.3 Å². The maximum atomic E-state index is 13.1. The molecule has 2 heterocycles. The summed E-state index contributed by atoms with van der Waals surface area (Å²) in [5, 5.41) is 18.0. The average Bonchev–Trinajstić information content (AvgIpc) is 3.35. The van der Waals surface area contributed by atoms with Gasteiger partial charge in [-0.25, -0.2) is 0 Å². The molecular formula is C19H17BrN6O2. The van der Waals surface area contributed by atoms with E-state index in [2.05, 4.69) is 41.9 Å².